The standard InChI is InChI=1S/C13H15NO3S2/c1-19(16,17)9-13(4-5-13)8-14-6-2-10-3-7-18-11(10)12(14)15/h2-3,6-7H,4-5,8-9H2,1H3. The number of rotatable bonds is 4. The third-order valence-corrected chi connectivity index (χ3v) is 5.67. The Morgan fingerprint density at radius 2 is 2.11 bits per heavy atom. The average Bonchev–Trinajstić information content (AvgIpc) is 2.88. The molecule has 0 bridgehead atoms. The maximum atomic E-state index is 12.3. The Kier molecular flexibility index (Phi) is 2.83. The molecule has 6 heteroatoms. The summed E-state index contributed by atoms with van der Waals surface area (Å²) in [6.07, 6.45) is 4.81. The number of nitrogens with zero attached hydrogens (tertiary/aromatic N) is 1. The van der Waals surface area contributed by atoms with E-state index in [1.165, 1.54) is 17.6 Å². The van der Waals surface area contributed by atoms with Gasteiger partial charge in [-0.25, -0.2) is 8.42 Å². The molecule has 1 aliphatic rings. The van der Waals surface area contributed by atoms with Crippen LogP contribution in [-0.4, -0.2) is 25.0 Å². The van der Waals surface area contributed by atoms with Crippen LogP contribution in [0.25, 0.3) is 10.1 Å². The molecule has 0 aromatic carbocycles. The maximum Gasteiger partial charge on any atom is 0.268 e. The van der Waals surface area contributed by atoms with Crippen molar-refractivity contribution in [3.8, 4) is 0 Å². The third-order valence-electron chi connectivity index (χ3n) is 3.62. The van der Waals surface area contributed by atoms with Crippen molar-refractivity contribution in [3.63, 3.8) is 0 Å². The van der Waals surface area contributed by atoms with Gasteiger partial charge in [0.25, 0.3) is 5.56 Å². The zero-order valence-corrected chi connectivity index (χ0v) is 12.3. The highest BCUT2D eigenvalue weighted by molar-refractivity contribution is 7.90. The molecule has 19 heavy (non-hydrogen) atoms. The van der Waals surface area contributed by atoms with E-state index in [-0.39, 0.29) is 16.7 Å². The molecule has 0 amide bonds. The van der Waals surface area contributed by atoms with Gasteiger partial charge in [0.1, 0.15) is 9.84 Å². The van der Waals surface area contributed by atoms with Crippen LogP contribution in [0.1, 0.15) is 12.8 Å². The molecule has 0 radical (unpaired) electrons. The van der Waals surface area contributed by atoms with Crippen molar-refractivity contribution in [3.05, 3.63) is 34.1 Å². The molecule has 2 aromatic rings. The van der Waals surface area contributed by atoms with Crippen LogP contribution >= 0.6 is 11.3 Å². The summed E-state index contributed by atoms with van der Waals surface area (Å²) in [4.78, 5) is 12.3. The highest BCUT2D eigenvalue weighted by Gasteiger charge is 2.45. The van der Waals surface area contributed by atoms with Gasteiger partial charge >= 0.3 is 0 Å². The molecule has 0 N–H and O–H groups in total. The number of fused-ring (bicyclic) bond motifs is 1. The van der Waals surface area contributed by atoms with E-state index in [1.54, 1.807) is 10.8 Å². The quantitative estimate of drug-likeness (QED) is 0.866. The molecule has 1 fully saturated rings. The smallest absolute Gasteiger partial charge is 0.268 e. The number of pyridine rings is 1. The van der Waals surface area contributed by atoms with Crippen LogP contribution in [0.2, 0.25) is 0 Å². The lowest BCUT2D eigenvalue weighted by Crippen LogP contribution is -2.27. The first kappa shape index (κ1) is 12.9. The summed E-state index contributed by atoms with van der Waals surface area (Å²) >= 11 is 1.44. The lowest BCUT2D eigenvalue weighted by molar-refractivity contribution is 0.453. The Morgan fingerprint density at radius 3 is 2.74 bits per heavy atom. The molecule has 2 aromatic heterocycles. The SMILES string of the molecule is CS(=O)(=O)CC1(Cn2ccc3ccsc3c2=O)CC1. The van der Waals surface area contributed by atoms with Gasteiger partial charge in [-0.2, -0.15) is 0 Å². The number of aromatic nitrogens is 1. The third kappa shape index (κ3) is 2.60. The first-order valence-electron chi connectivity index (χ1n) is 6.13. The number of thiophene rings is 1. The zero-order chi connectivity index (χ0) is 13.7. The Labute approximate surface area is 115 Å². The van der Waals surface area contributed by atoms with Crippen LogP contribution in [0.5, 0.6) is 0 Å². The lowest BCUT2D eigenvalue weighted by Gasteiger charge is -2.15. The van der Waals surface area contributed by atoms with E-state index in [2.05, 4.69) is 0 Å². The van der Waals surface area contributed by atoms with E-state index < -0.39 is 9.84 Å². The molecule has 102 valence electrons. The van der Waals surface area contributed by atoms with Crippen LogP contribution in [0.3, 0.4) is 0 Å². The first-order chi connectivity index (χ1) is 8.89. The van der Waals surface area contributed by atoms with Crippen molar-refractivity contribution >= 4 is 31.3 Å². The second kappa shape index (κ2) is 4.18. The molecule has 1 saturated carbocycles. The number of hydrogen-bond donors (Lipinski definition) is 0. The Hall–Kier alpha value is -1.14. The molecule has 4 nitrogen and oxygen atoms in total. The number of hydrogen-bond acceptors (Lipinski definition) is 4. The summed E-state index contributed by atoms with van der Waals surface area (Å²) in [5.74, 6) is 0.176. The largest absolute Gasteiger partial charge is 0.314 e. The molecule has 2 heterocycles. The van der Waals surface area contributed by atoms with E-state index in [0.29, 0.717) is 6.54 Å². The van der Waals surface area contributed by atoms with E-state index >= 15 is 0 Å². The summed E-state index contributed by atoms with van der Waals surface area (Å²) in [5.41, 5.74) is -0.227. The van der Waals surface area contributed by atoms with Gasteiger partial charge in [-0.1, -0.05) is 0 Å². The topological polar surface area (TPSA) is 56.1 Å². The van der Waals surface area contributed by atoms with Gasteiger partial charge in [-0.05, 0) is 35.7 Å². The summed E-state index contributed by atoms with van der Waals surface area (Å²) in [6.45, 7) is 0.507. The van der Waals surface area contributed by atoms with Gasteiger partial charge in [0.2, 0.25) is 0 Å². The average molecular weight is 297 g/mol. The van der Waals surface area contributed by atoms with Crippen molar-refractivity contribution in [2.75, 3.05) is 12.0 Å². The van der Waals surface area contributed by atoms with E-state index in [1.807, 2.05) is 17.5 Å². The lowest BCUT2D eigenvalue weighted by atomic mass is 10.1. The molecule has 0 atom stereocenters. The van der Waals surface area contributed by atoms with Crippen molar-refractivity contribution in [1.82, 2.24) is 4.57 Å². The molecule has 0 spiro atoms. The van der Waals surface area contributed by atoms with Gasteiger partial charge < -0.3 is 4.57 Å². The van der Waals surface area contributed by atoms with E-state index in [4.69, 9.17) is 0 Å². The highest BCUT2D eigenvalue weighted by Crippen LogP contribution is 2.47. The number of sulfone groups is 1. The zero-order valence-electron chi connectivity index (χ0n) is 10.6. The fourth-order valence-corrected chi connectivity index (χ4v) is 4.89. The van der Waals surface area contributed by atoms with Gasteiger partial charge in [0.05, 0.1) is 10.5 Å². The Bertz CT molecular complexity index is 782. The minimum absolute atomic E-state index is 0.00715. The van der Waals surface area contributed by atoms with E-state index in [0.717, 1.165) is 22.9 Å². The predicted molar refractivity (Wildman–Crippen MR) is 77.5 cm³/mol. The Morgan fingerprint density at radius 1 is 1.37 bits per heavy atom. The van der Waals surface area contributed by atoms with Crippen LogP contribution in [0.15, 0.2) is 28.5 Å². The van der Waals surface area contributed by atoms with Gasteiger partial charge in [-0.15, -0.1) is 11.3 Å². The normalized spacial score (nSPS) is 17.7. The minimum Gasteiger partial charge on any atom is -0.314 e. The summed E-state index contributed by atoms with van der Waals surface area (Å²) in [5, 5.41) is 2.86. The minimum atomic E-state index is -3.00. The maximum absolute atomic E-state index is 12.3. The molecular formula is C13H15NO3S2. The second-order valence-electron chi connectivity index (χ2n) is 5.52. The van der Waals surface area contributed by atoms with Crippen molar-refractivity contribution in [1.29, 1.82) is 0 Å². The predicted octanol–water partition coefficient (Wildman–Crippen LogP) is 1.89. The Balaban J connectivity index is 1.94. The van der Waals surface area contributed by atoms with E-state index in [9.17, 15) is 13.2 Å². The second-order valence-corrected chi connectivity index (χ2v) is 8.58. The molecule has 0 unspecified atom stereocenters. The highest BCUT2D eigenvalue weighted by atomic mass is 32.2. The van der Waals surface area contributed by atoms with Crippen LogP contribution < -0.4 is 5.56 Å². The fraction of sp³-hybridized carbons (Fsp3) is 0.462. The molecule has 0 aliphatic heterocycles. The van der Waals surface area contributed by atoms with Crippen LogP contribution in [0, 0.1) is 5.41 Å². The molecule has 1 aliphatic carbocycles. The molecule has 3 rings (SSSR count). The fourth-order valence-electron chi connectivity index (χ4n) is 2.56. The molecular weight excluding hydrogens is 282 g/mol. The monoisotopic (exact) mass is 297 g/mol. The molecule has 0 saturated heterocycles. The van der Waals surface area contributed by atoms with Crippen molar-refractivity contribution in [2.24, 2.45) is 5.41 Å². The first-order valence-corrected chi connectivity index (χ1v) is 9.07. The van der Waals surface area contributed by atoms with Crippen molar-refractivity contribution in [2.45, 2.75) is 19.4 Å². The van der Waals surface area contributed by atoms with Crippen LogP contribution in [-0.2, 0) is 16.4 Å². The summed E-state index contributed by atoms with van der Waals surface area (Å²) in [6, 6.07) is 3.85. The van der Waals surface area contributed by atoms with Crippen LogP contribution in [0.4, 0.5) is 0 Å². The summed E-state index contributed by atoms with van der Waals surface area (Å²) < 4.78 is 25.3. The summed E-state index contributed by atoms with van der Waals surface area (Å²) in [7, 11) is -3.00. The van der Waals surface area contributed by atoms with Gasteiger partial charge in [0, 0.05) is 24.4 Å². The van der Waals surface area contributed by atoms with Gasteiger partial charge in [0.15, 0.2) is 0 Å². The van der Waals surface area contributed by atoms with Gasteiger partial charge in [-0.3, -0.25) is 4.79 Å². The van der Waals surface area contributed by atoms with Crippen molar-refractivity contribution < 1.29 is 8.42 Å².